The molecule has 3 nitrogen and oxygen atoms in total. The molecule has 4 heteroatoms. The highest BCUT2D eigenvalue weighted by atomic mass is 35.5. The van der Waals surface area contributed by atoms with Crippen molar-refractivity contribution >= 4 is 11.6 Å². The maximum atomic E-state index is 8.88. The fraction of sp³-hybridized carbons (Fsp3) is 0. The molecule has 0 aliphatic carbocycles. The lowest BCUT2D eigenvalue weighted by Crippen LogP contribution is -1.88. The zero-order chi connectivity index (χ0) is 10.7. The van der Waals surface area contributed by atoms with Crippen LogP contribution in [0.2, 0.25) is 5.15 Å². The minimum absolute atomic E-state index is 0.390. The van der Waals surface area contributed by atoms with Gasteiger partial charge in [0.15, 0.2) is 0 Å². The van der Waals surface area contributed by atoms with Gasteiger partial charge in [0.05, 0.1) is 0 Å². The van der Waals surface area contributed by atoms with Crippen LogP contribution in [0.3, 0.4) is 0 Å². The van der Waals surface area contributed by atoms with Crippen LogP contribution in [-0.2, 0) is 0 Å². The van der Waals surface area contributed by atoms with Crippen LogP contribution in [0.25, 0.3) is 11.1 Å². The van der Waals surface area contributed by atoms with E-state index in [1.54, 1.807) is 24.5 Å². The minimum Gasteiger partial charge on any atom is -0.245 e. The van der Waals surface area contributed by atoms with Gasteiger partial charge in [0, 0.05) is 23.5 Å². The van der Waals surface area contributed by atoms with Gasteiger partial charge in [-0.15, -0.1) is 0 Å². The molecule has 2 heterocycles. The first-order valence-electron chi connectivity index (χ1n) is 4.28. The van der Waals surface area contributed by atoms with Crippen LogP contribution < -0.4 is 0 Å². The van der Waals surface area contributed by atoms with Crippen LogP contribution in [0.1, 0.15) is 5.69 Å². The molecule has 0 aliphatic heterocycles. The molecule has 2 rings (SSSR count). The molecular formula is C11H6ClN3. The molecule has 0 saturated heterocycles. The van der Waals surface area contributed by atoms with Gasteiger partial charge < -0.3 is 0 Å². The first-order chi connectivity index (χ1) is 7.31. The number of nitrogens with zero attached hydrogens (tertiary/aromatic N) is 3. The summed E-state index contributed by atoms with van der Waals surface area (Å²) in [7, 11) is 0. The highest BCUT2D eigenvalue weighted by Gasteiger charge is 2.04. The van der Waals surface area contributed by atoms with Crippen LogP contribution in [0.4, 0.5) is 0 Å². The van der Waals surface area contributed by atoms with E-state index in [1.807, 2.05) is 18.2 Å². The van der Waals surface area contributed by atoms with E-state index >= 15 is 0 Å². The molecular weight excluding hydrogens is 210 g/mol. The molecule has 2 aromatic rings. The van der Waals surface area contributed by atoms with Gasteiger partial charge in [-0.1, -0.05) is 11.6 Å². The van der Waals surface area contributed by atoms with Crippen molar-refractivity contribution in [3.63, 3.8) is 0 Å². The Morgan fingerprint density at radius 1 is 1.20 bits per heavy atom. The van der Waals surface area contributed by atoms with Crippen molar-refractivity contribution in [2.75, 3.05) is 0 Å². The molecule has 0 radical (unpaired) electrons. The van der Waals surface area contributed by atoms with Crippen molar-refractivity contribution in [1.82, 2.24) is 9.97 Å². The highest BCUT2D eigenvalue weighted by Crippen LogP contribution is 2.21. The number of rotatable bonds is 1. The monoisotopic (exact) mass is 215 g/mol. The number of aromatic nitrogens is 2. The molecule has 0 atom stereocenters. The summed E-state index contributed by atoms with van der Waals surface area (Å²) in [6, 6.07) is 9.15. The number of hydrogen-bond acceptors (Lipinski definition) is 3. The summed E-state index contributed by atoms with van der Waals surface area (Å²) in [5, 5.41) is 9.31. The summed E-state index contributed by atoms with van der Waals surface area (Å²) in [5.74, 6) is 0. The smallest absolute Gasteiger partial charge is 0.148 e. The van der Waals surface area contributed by atoms with E-state index in [1.165, 1.54) is 0 Å². The van der Waals surface area contributed by atoms with Gasteiger partial charge in [-0.3, -0.25) is 0 Å². The molecule has 0 bridgehead atoms. The third kappa shape index (κ3) is 1.95. The molecule has 0 unspecified atom stereocenters. The zero-order valence-electron chi connectivity index (χ0n) is 7.68. The van der Waals surface area contributed by atoms with Crippen LogP contribution in [0.5, 0.6) is 0 Å². The second kappa shape index (κ2) is 4.07. The lowest BCUT2D eigenvalue weighted by Gasteiger charge is -2.01. The second-order valence-corrected chi connectivity index (χ2v) is 3.27. The molecule has 0 spiro atoms. The largest absolute Gasteiger partial charge is 0.245 e. The molecule has 0 amide bonds. The lowest BCUT2D eigenvalue weighted by atomic mass is 10.1. The molecule has 0 aliphatic rings. The zero-order valence-corrected chi connectivity index (χ0v) is 8.44. The fourth-order valence-corrected chi connectivity index (χ4v) is 1.37. The van der Waals surface area contributed by atoms with Gasteiger partial charge in [-0.25, -0.2) is 9.97 Å². The van der Waals surface area contributed by atoms with Gasteiger partial charge in [-0.05, 0) is 24.3 Å². The van der Waals surface area contributed by atoms with E-state index in [0.29, 0.717) is 10.8 Å². The van der Waals surface area contributed by atoms with Crippen molar-refractivity contribution < 1.29 is 0 Å². The van der Waals surface area contributed by atoms with Gasteiger partial charge in [0.2, 0.25) is 0 Å². The molecule has 0 N–H and O–H groups in total. The fourth-order valence-electron chi connectivity index (χ4n) is 1.26. The molecule has 2 aromatic heterocycles. The van der Waals surface area contributed by atoms with Crippen LogP contribution in [0, 0.1) is 11.3 Å². The Hall–Kier alpha value is -1.92. The Bertz CT molecular complexity index is 514. The van der Waals surface area contributed by atoms with Gasteiger partial charge in [0.25, 0.3) is 0 Å². The van der Waals surface area contributed by atoms with Gasteiger partial charge >= 0.3 is 0 Å². The van der Waals surface area contributed by atoms with Crippen LogP contribution >= 0.6 is 11.6 Å². The average molecular weight is 216 g/mol. The van der Waals surface area contributed by atoms with Gasteiger partial charge in [0.1, 0.15) is 16.9 Å². The maximum absolute atomic E-state index is 8.88. The van der Waals surface area contributed by atoms with E-state index < -0.39 is 0 Å². The lowest BCUT2D eigenvalue weighted by molar-refractivity contribution is 1.25. The molecule has 0 fully saturated rings. The Kier molecular flexibility index (Phi) is 2.61. The first kappa shape index (κ1) is 9.63. The standard InChI is InChI=1S/C11H6ClN3/c12-11-4-3-8(7-15-11)9-2-1-5-14-10(9)6-13/h1-5,7H. The minimum atomic E-state index is 0.390. The van der Waals surface area contributed by atoms with E-state index in [9.17, 15) is 0 Å². The number of nitriles is 1. The van der Waals surface area contributed by atoms with Gasteiger partial charge in [-0.2, -0.15) is 5.26 Å². The summed E-state index contributed by atoms with van der Waals surface area (Å²) in [6.45, 7) is 0. The predicted molar refractivity (Wildman–Crippen MR) is 57.2 cm³/mol. The Morgan fingerprint density at radius 2 is 2.07 bits per heavy atom. The SMILES string of the molecule is N#Cc1ncccc1-c1ccc(Cl)nc1. The van der Waals surface area contributed by atoms with Crippen molar-refractivity contribution in [1.29, 1.82) is 5.26 Å². The maximum Gasteiger partial charge on any atom is 0.148 e. The molecule has 15 heavy (non-hydrogen) atoms. The summed E-state index contributed by atoms with van der Waals surface area (Å²) in [6.07, 6.45) is 3.21. The van der Waals surface area contributed by atoms with Crippen molar-refractivity contribution in [2.24, 2.45) is 0 Å². The van der Waals surface area contributed by atoms with E-state index in [0.717, 1.165) is 11.1 Å². The quantitative estimate of drug-likeness (QED) is 0.688. The Balaban J connectivity index is 2.55. The Morgan fingerprint density at radius 3 is 2.73 bits per heavy atom. The van der Waals surface area contributed by atoms with E-state index in [2.05, 4.69) is 9.97 Å². The molecule has 72 valence electrons. The van der Waals surface area contributed by atoms with Crippen LogP contribution in [-0.4, -0.2) is 9.97 Å². The summed E-state index contributed by atoms with van der Waals surface area (Å²) >= 11 is 5.68. The Labute approximate surface area is 92.0 Å². The first-order valence-corrected chi connectivity index (χ1v) is 4.66. The van der Waals surface area contributed by atoms with Crippen molar-refractivity contribution in [3.8, 4) is 17.2 Å². The highest BCUT2D eigenvalue weighted by molar-refractivity contribution is 6.29. The third-order valence-corrected chi connectivity index (χ3v) is 2.18. The van der Waals surface area contributed by atoms with E-state index in [-0.39, 0.29) is 0 Å². The van der Waals surface area contributed by atoms with Crippen molar-refractivity contribution in [3.05, 3.63) is 47.5 Å². The second-order valence-electron chi connectivity index (χ2n) is 2.88. The molecule has 0 aromatic carbocycles. The number of halogens is 1. The summed E-state index contributed by atoms with van der Waals surface area (Å²) in [4.78, 5) is 7.93. The normalized spacial score (nSPS) is 9.60. The average Bonchev–Trinajstić information content (AvgIpc) is 2.30. The predicted octanol–water partition coefficient (Wildman–Crippen LogP) is 2.67. The molecule has 0 saturated carbocycles. The van der Waals surface area contributed by atoms with Crippen molar-refractivity contribution in [2.45, 2.75) is 0 Å². The topological polar surface area (TPSA) is 49.6 Å². The number of hydrogen-bond donors (Lipinski definition) is 0. The summed E-state index contributed by atoms with van der Waals surface area (Å²) < 4.78 is 0. The van der Waals surface area contributed by atoms with E-state index in [4.69, 9.17) is 16.9 Å². The summed E-state index contributed by atoms with van der Waals surface area (Å²) in [5.41, 5.74) is 2.00. The number of pyridine rings is 2. The third-order valence-electron chi connectivity index (χ3n) is 1.95. The van der Waals surface area contributed by atoms with Crippen LogP contribution in [0.15, 0.2) is 36.7 Å².